The van der Waals surface area contributed by atoms with Crippen LogP contribution in [-0.4, -0.2) is 26.0 Å². The van der Waals surface area contributed by atoms with Crippen molar-refractivity contribution in [1.82, 2.24) is 0 Å². The summed E-state index contributed by atoms with van der Waals surface area (Å²) in [7, 11) is -1.19. The van der Waals surface area contributed by atoms with Crippen LogP contribution in [0.4, 0.5) is 5.69 Å². The van der Waals surface area contributed by atoms with Crippen LogP contribution in [0.2, 0.25) is 0 Å². The number of aliphatic carboxylic acids is 1. The number of carboxylic acid groups (broad SMARTS) is 1. The fourth-order valence-corrected chi connectivity index (χ4v) is 4.67. The molecule has 6 nitrogen and oxygen atoms in total. The third-order valence-corrected chi connectivity index (χ3v) is 5.82. The lowest BCUT2D eigenvalue weighted by atomic mass is 10.1. The van der Waals surface area contributed by atoms with Gasteiger partial charge in [-0.3, -0.25) is 19.1 Å². The Morgan fingerprint density at radius 2 is 2.14 bits per heavy atom. The first-order chi connectivity index (χ1) is 9.81. The average molecular weight is 376 g/mol. The van der Waals surface area contributed by atoms with Crippen LogP contribution in [0, 0.1) is 15.5 Å². The number of non-ortho nitro benzene ring substituents is 1. The van der Waals surface area contributed by atoms with Gasteiger partial charge in [-0.05, 0) is 23.8 Å². The molecule has 0 saturated heterocycles. The van der Waals surface area contributed by atoms with Crippen molar-refractivity contribution in [1.29, 1.82) is 0 Å². The van der Waals surface area contributed by atoms with Crippen LogP contribution < -0.4 is 0 Å². The predicted octanol–water partition coefficient (Wildman–Crippen LogP) is 2.86. The number of hydrogen-bond donors (Lipinski definition) is 1. The Morgan fingerprint density at radius 3 is 2.62 bits per heavy atom. The van der Waals surface area contributed by atoms with Crippen molar-refractivity contribution in [2.24, 2.45) is 5.41 Å². The molecule has 1 aromatic carbocycles. The Morgan fingerprint density at radius 1 is 1.48 bits per heavy atom. The van der Waals surface area contributed by atoms with Crippen molar-refractivity contribution in [3.63, 3.8) is 0 Å². The number of carboxylic acids is 1. The largest absolute Gasteiger partial charge is 0.481 e. The molecule has 0 bridgehead atoms. The zero-order chi connectivity index (χ0) is 15.6. The number of rotatable bonds is 7. The van der Waals surface area contributed by atoms with E-state index in [9.17, 15) is 19.1 Å². The Bertz CT molecular complexity index is 615. The first kappa shape index (κ1) is 16.1. The van der Waals surface area contributed by atoms with Crippen LogP contribution in [0.5, 0.6) is 0 Å². The maximum absolute atomic E-state index is 12.2. The second kappa shape index (κ2) is 6.23. The standard InChI is InChI=1S/C13H14BrNO5S/c14-11-5-10(15(18)19)2-1-9(11)7-21(20)8-13(3-4-13)6-12(16)17/h1-2,5H,3-4,6-8H2,(H,16,17). The minimum absolute atomic E-state index is 0.0269. The molecule has 1 saturated carbocycles. The van der Waals surface area contributed by atoms with E-state index in [1.165, 1.54) is 12.1 Å². The maximum Gasteiger partial charge on any atom is 0.303 e. The summed E-state index contributed by atoms with van der Waals surface area (Å²) in [6.07, 6.45) is 1.65. The predicted molar refractivity (Wildman–Crippen MR) is 81.4 cm³/mol. The van der Waals surface area contributed by atoms with Crippen molar-refractivity contribution in [2.45, 2.75) is 25.0 Å². The van der Waals surface area contributed by atoms with Crippen molar-refractivity contribution in [3.8, 4) is 0 Å². The molecule has 0 aliphatic heterocycles. The molecule has 1 unspecified atom stereocenters. The van der Waals surface area contributed by atoms with Crippen LogP contribution in [0.25, 0.3) is 0 Å². The lowest BCUT2D eigenvalue weighted by molar-refractivity contribution is -0.384. The van der Waals surface area contributed by atoms with E-state index < -0.39 is 21.7 Å². The summed E-state index contributed by atoms with van der Waals surface area (Å²) in [5, 5.41) is 19.5. The summed E-state index contributed by atoms with van der Waals surface area (Å²) >= 11 is 3.25. The molecule has 0 aromatic heterocycles. The van der Waals surface area contributed by atoms with Crippen LogP contribution in [0.3, 0.4) is 0 Å². The van der Waals surface area contributed by atoms with Gasteiger partial charge in [0.2, 0.25) is 0 Å². The molecular weight excluding hydrogens is 362 g/mol. The summed E-state index contributed by atoms with van der Waals surface area (Å²) in [6, 6.07) is 4.34. The molecule has 1 N–H and O–H groups in total. The van der Waals surface area contributed by atoms with E-state index in [4.69, 9.17) is 5.11 Å². The molecule has 1 aliphatic rings. The molecule has 2 rings (SSSR count). The Kier molecular flexibility index (Phi) is 4.77. The second-order valence-corrected chi connectivity index (χ2v) is 7.64. The molecule has 1 aliphatic carbocycles. The van der Waals surface area contributed by atoms with E-state index in [-0.39, 0.29) is 23.3 Å². The summed E-state index contributed by atoms with van der Waals surface area (Å²) in [5.74, 6) is -0.233. The van der Waals surface area contributed by atoms with Gasteiger partial charge in [0.15, 0.2) is 0 Å². The van der Waals surface area contributed by atoms with Crippen molar-refractivity contribution in [2.75, 3.05) is 5.75 Å². The molecule has 114 valence electrons. The van der Waals surface area contributed by atoms with Gasteiger partial charge < -0.3 is 5.11 Å². The van der Waals surface area contributed by atoms with Gasteiger partial charge in [0.1, 0.15) is 0 Å². The van der Waals surface area contributed by atoms with Gasteiger partial charge >= 0.3 is 5.97 Å². The number of nitro groups is 1. The third kappa shape index (κ3) is 4.34. The molecule has 0 radical (unpaired) electrons. The first-order valence-corrected chi connectivity index (χ1v) is 8.59. The highest BCUT2D eigenvalue weighted by molar-refractivity contribution is 9.10. The molecule has 1 atom stereocenters. The SMILES string of the molecule is O=C(O)CC1(CS(=O)Cc2ccc([N+](=O)[O-])cc2Br)CC1. The lowest BCUT2D eigenvalue weighted by Crippen LogP contribution is -2.17. The van der Waals surface area contributed by atoms with Gasteiger partial charge in [-0.15, -0.1) is 0 Å². The van der Waals surface area contributed by atoms with Gasteiger partial charge in [-0.25, -0.2) is 0 Å². The van der Waals surface area contributed by atoms with Crippen LogP contribution in [0.15, 0.2) is 22.7 Å². The van der Waals surface area contributed by atoms with Gasteiger partial charge in [0.25, 0.3) is 5.69 Å². The van der Waals surface area contributed by atoms with Crippen molar-refractivity contribution < 1.29 is 19.0 Å². The van der Waals surface area contributed by atoms with Gasteiger partial charge in [0.05, 0.1) is 11.3 Å². The summed E-state index contributed by atoms with van der Waals surface area (Å²) in [4.78, 5) is 20.9. The smallest absolute Gasteiger partial charge is 0.303 e. The van der Waals surface area contributed by atoms with E-state index in [1.54, 1.807) is 6.07 Å². The molecule has 21 heavy (non-hydrogen) atoms. The molecule has 0 spiro atoms. The molecule has 0 heterocycles. The number of hydrogen-bond acceptors (Lipinski definition) is 4. The number of nitrogens with zero attached hydrogens (tertiary/aromatic N) is 1. The zero-order valence-corrected chi connectivity index (χ0v) is 13.5. The van der Waals surface area contributed by atoms with Crippen molar-refractivity contribution >= 4 is 38.4 Å². The molecule has 8 heteroatoms. The Balaban J connectivity index is 2.00. The molecular formula is C13H14BrNO5S. The van der Waals surface area contributed by atoms with Gasteiger partial charge in [0, 0.05) is 38.9 Å². The minimum atomic E-state index is -1.19. The van der Waals surface area contributed by atoms with Crippen LogP contribution >= 0.6 is 15.9 Å². The minimum Gasteiger partial charge on any atom is -0.481 e. The first-order valence-electron chi connectivity index (χ1n) is 6.31. The summed E-state index contributed by atoms with van der Waals surface area (Å²) in [5.41, 5.74) is 0.384. The Labute approximate surface area is 132 Å². The third-order valence-electron chi connectivity index (χ3n) is 3.51. The fourth-order valence-electron chi connectivity index (χ4n) is 2.20. The number of halogens is 1. The number of nitro benzene ring substituents is 1. The highest BCUT2D eigenvalue weighted by Gasteiger charge is 2.45. The quantitative estimate of drug-likeness (QED) is 0.583. The lowest BCUT2D eigenvalue weighted by Gasteiger charge is -2.12. The van der Waals surface area contributed by atoms with Gasteiger partial charge in [-0.1, -0.05) is 22.0 Å². The van der Waals surface area contributed by atoms with E-state index in [1.807, 2.05) is 0 Å². The highest BCUT2D eigenvalue weighted by atomic mass is 79.9. The summed E-state index contributed by atoms with van der Waals surface area (Å²) < 4.78 is 12.7. The fraction of sp³-hybridized carbons (Fsp3) is 0.462. The van der Waals surface area contributed by atoms with E-state index in [0.29, 0.717) is 10.2 Å². The van der Waals surface area contributed by atoms with E-state index in [0.717, 1.165) is 18.4 Å². The zero-order valence-electron chi connectivity index (χ0n) is 11.1. The second-order valence-electron chi connectivity index (χ2n) is 5.33. The Hall–Kier alpha value is -1.28. The van der Waals surface area contributed by atoms with Crippen LogP contribution in [-0.2, 0) is 21.3 Å². The van der Waals surface area contributed by atoms with Gasteiger partial charge in [-0.2, -0.15) is 0 Å². The van der Waals surface area contributed by atoms with Crippen LogP contribution in [0.1, 0.15) is 24.8 Å². The topological polar surface area (TPSA) is 97.5 Å². The normalized spacial score (nSPS) is 17.2. The van der Waals surface area contributed by atoms with E-state index >= 15 is 0 Å². The van der Waals surface area contributed by atoms with E-state index in [2.05, 4.69) is 15.9 Å². The average Bonchev–Trinajstić information content (AvgIpc) is 3.09. The molecule has 1 fully saturated rings. The molecule has 0 amide bonds. The van der Waals surface area contributed by atoms with Crippen molar-refractivity contribution in [3.05, 3.63) is 38.3 Å². The number of carbonyl (C=O) groups is 1. The number of benzene rings is 1. The summed E-state index contributed by atoms with van der Waals surface area (Å²) in [6.45, 7) is 0. The molecule has 1 aromatic rings. The highest BCUT2D eigenvalue weighted by Crippen LogP contribution is 2.49. The maximum atomic E-state index is 12.2. The monoisotopic (exact) mass is 375 g/mol.